The lowest BCUT2D eigenvalue weighted by Gasteiger charge is -2.37. The first kappa shape index (κ1) is 15.5. The number of urea groups is 1. The number of nitrogens with zero attached hydrogens (tertiary/aromatic N) is 2. The summed E-state index contributed by atoms with van der Waals surface area (Å²) in [7, 11) is 0. The Morgan fingerprint density at radius 1 is 0.920 bits per heavy atom. The van der Waals surface area contributed by atoms with Gasteiger partial charge in [-0.15, -0.1) is 0 Å². The highest BCUT2D eigenvalue weighted by atomic mass is 16.2. The Morgan fingerprint density at radius 2 is 1.64 bits per heavy atom. The van der Waals surface area contributed by atoms with Crippen molar-refractivity contribution in [3.05, 3.63) is 95.8 Å². The molecule has 4 rings (SSSR count). The number of aromatic nitrogens is 1. The largest absolute Gasteiger partial charge is 0.348 e. The van der Waals surface area contributed by atoms with Crippen LogP contribution in [0, 0.1) is 0 Å². The summed E-state index contributed by atoms with van der Waals surface area (Å²) in [4.78, 5) is 14.8. The zero-order chi connectivity index (χ0) is 17.1. The fourth-order valence-electron chi connectivity index (χ4n) is 3.46. The second-order valence-electron chi connectivity index (χ2n) is 6.28. The first-order valence-corrected chi connectivity index (χ1v) is 8.61. The average Bonchev–Trinajstić information content (AvgIpc) is 3.15. The molecule has 1 atom stereocenters. The van der Waals surface area contributed by atoms with Crippen molar-refractivity contribution in [1.29, 1.82) is 0 Å². The van der Waals surface area contributed by atoms with Crippen LogP contribution in [0.3, 0.4) is 0 Å². The highest BCUT2D eigenvalue weighted by molar-refractivity contribution is 5.75. The van der Waals surface area contributed by atoms with Gasteiger partial charge in [-0.2, -0.15) is 0 Å². The van der Waals surface area contributed by atoms with E-state index in [0.29, 0.717) is 13.1 Å². The van der Waals surface area contributed by atoms with Crippen LogP contribution in [-0.2, 0) is 13.1 Å². The smallest absolute Gasteiger partial charge is 0.318 e. The van der Waals surface area contributed by atoms with Crippen LogP contribution in [0.2, 0.25) is 0 Å². The maximum absolute atomic E-state index is 12.9. The molecule has 1 aromatic heterocycles. The number of carbonyl (C=O) groups excluding carboxylic acids is 1. The normalized spacial score (nSPS) is 16.3. The van der Waals surface area contributed by atoms with Crippen LogP contribution in [0.4, 0.5) is 4.79 Å². The van der Waals surface area contributed by atoms with Crippen LogP contribution in [0.1, 0.15) is 22.9 Å². The van der Waals surface area contributed by atoms with Crippen molar-refractivity contribution in [2.24, 2.45) is 0 Å². The van der Waals surface area contributed by atoms with Crippen LogP contribution in [-0.4, -0.2) is 22.0 Å². The predicted molar refractivity (Wildman–Crippen MR) is 98.1 cm³/mol. The monoisotopic (exact) mass is 331 g/mol. The molecule has 1 N–H and O–H groups in total. The minimum Gasteiger partial charge on any atom is -0.348 e. The number of carbonyl (C=O) groups is 1. The lowest BCUT2D eigenvalue weighted by molar-refractivity contribution is 0.168. The van der Waals surface area contributed by atoms with Gasteiger partial charge in [-0.25, -0.2) is 4.79 Å². The minimum atomic E-state index is -0.0549. The van der Waals surface area contributed by atoms with Crippen molar-refractivity contribution in [2.75, 3.05) is 6.54 Å². The van der Waals surface area contributed by atoms with Crippen molar-refractivity contribution >= 4 is 6.03 Å². The number of hydrogen-bond acceptors (Lipinski definition) is 1. The Kier molecular flexibility index (Phi) is 4.25. The second-order valence-corrected chi connectivity index (χ2v) is 6.28. The van der Waals surface area contributed by atoms with Gasteiger partial charge in [-0.1, -0.05) is 60.7 Å². The van der Waals surface area contributed by atoms with Gasteiger partial charge < -0.3 is 14.8 Å². The van der Waals surface area contributed by atoms with Gasteiger partial charge in [0.15, 0.2) is 0 Å². The summed E-state index contributed by atoms with van der Waals surface area (Å²) in [6, 6.07) is 24.3. The lowest BCUT2D eigenvalue weighted by atomic mass is 10.0. The highest BCUT2D eigenvalue weighted by Crippen LogP contribution is 2.32. The van der Waals surface area contributed by atoms with E-state index in [0.717, 1.165) is 23.4 Å². The van der Waals surface area contributed by atoms with E-state index in [-0.39, 0.29) is 12.1 Å². The van der Waals surface area contributed by atoms with Gasteiger partial charge in [0.1, 0.15) is 0 Å². The van der Waals surface area contributed by atoms with Crippen LogP contribution >= 0.6 is 0 Å². The molecule has 1 aliphatic rings. The summed E-state index contributed by atoms with van der Waals surface area (Å²) in [5, 5.41) is 3.07. The van der Waals surface area contributed by atoms with Crippen molar-refractivity contribution in [2.45, 2.75) is 19.1 Å². The maximum atomic E-state index is 12.9. The fourth-order valence-corrected chi connectivity index (χ4v) is 3.46. The third-order valence-electron chi connectivity index (χ3n) is 4.70. The molecule has 0 bridgehead atoms. The van der Waals surface area contributed by atoms with Gasteiger partial charge in [0.05, 0.1) is 6.04 Å². The number of rotatable bonds is 3. The zero-order valence-electron chi connectivity index (χ0n) is 14.0. The van der Waals surface area contributed by atoms with Gasteiger partial charge in [0, 0.05) is 31.5 Å². The fraction of sp³-hybridized carbons (Fsp3) is 0.190. The van der Waals surface area contributed by atoms with E-state index in [2.05, 4.69) is 40.3 Å². The minimum absolute atomic E-state index is 0.0230. The molecular weight excluding hydrogens is 310 g/mol. The lowest BCUT2D eigenvalue weighted by Crippen LogP contribution is -2.47. The molecule has 0 spiro atoms. The summed E-state index contributed by atoms with van der Waals surface area (Å²) in [5.74, 6) is 0. The molecule has 4 nitrogen and oxygen atoms in total. The molecule has 25 heavy (non-hydrogen) atoms. The molecule has 3 aromatic rings. The quantitative estimate of drug-likeness (QED) is 0.779. The average molecular weight is 331 g/mol. The number of fused-ring (bicyclic) bond motifs is 1. The van der Waals surface area contributed by atoms with Gasteiger partial charge >= 0.3 is 6.03 Å². The van der Waals surface area contributed by atoms with E-state index in [4.69, 9.17) is 0 Å². The number of amides is 2. The molecule has 0 aliphatic carbocycles. The zero-order valence-corrected chi connectivity index (χ0v) is 14.0. The van der Waals surface area contributed by atoms with Crippen molar-refractivity contribution in [3.63, 3.8) is 0 Å². The Morgan fingerprint density at radius 3 is 2.40 bits per heavy atom. The maximum Gasteiger partial charge on any atom is 0.318 e. The SMILES string of the molecule is O=C(NCc1ccccc1)N1CCn2cccc2C1c1ccccc1. The van der Waals surface area contributed by atoms with Gasteiger partial charge in [0.25, 0.3) is 0 Å². The second kappa shape index (κ2) is 6.85. The van der Waals surface area contributed by atoms with Crippen LogP contribution < -0.4 is 5.32 Å². The molecule has 0 saturated carbocycles. The Bertz CT molecular complexity index is 842. The molecule has 2 heterocycles. The van der Waals surface area contributed by atoms with E-state index < -0.39 is 0 Å². The molecule has 2 amide bonds. The van der Waals surface area contributed by atoms with E-state index in [9.17, 15) is 4.79 Å². The number of benzene rings is 2. The third kappa shape index (κ3) is 3.15. The van der Waals surface area contributed by atoms with Gasteiger partial charge in [-0.3, -0.25) is 0 Å². The predicted octanol–water partition coefficient (Wildman–Crippen LogP) is 3.80. The summed E-state index contributed by atoms with van der Waals surface area (Å²) < 4.78 is 2.23. The Hall–Kier alpha value is -3.01. The van der Waals surface area contributed by atoms with E-state index in [1.165, 1.54) is 0 Å². The van der Waals surface area contributed by atoms with Crippen molar-refractivity contribution < 1.29 is 4.79 Å². The first-order chi connectivity index (χ1) is 12.3. The molecule has 0 saturated heterocycles. The summed E-state index contributed by atoms with van der Waals surface area (Å²) in [6.45, 7) is 2.06. The third-order valence-corrected chi connectivity index (χ3v) is 4.70. The number of nitrogens with one attached hydrogen (secondary N) is 1. The Labute approximate surface area is 147 Å². The molecule has 126 valence electrons. The van der Waals surface area contributed by atoms with Crippen LogP contribution in [0.15, 0.2) is 79.0 Å². The van der Waals surface area contributed by atoms with Crippen LogP contribution in [0.25, 0.3) is 0 Å². The molecular formula is C21H21N3O. The molecule has 4 heteroatoms. The van der Waals surface area contributed by atoms with Gasteiger partial charge in [0.2, 0.25) is 0 Å². The summed E-state index contributed by atoms with van der Waals surface area (Å²) in [5.41, 5.74) is 3.40. The van der Waals surface area contributed by atoms with E-state index in [1.54, 1.807) is 0 Å². The topological polar surface area (TPSA) is 37.3 Å². The molecule has 1 unspecified atom stereocenters. The highest BCUT2D eigenvalue weighted by Gasteiger charge is 2.31. The van der Waals surface area contributed by atoms with Crippen molar-refractivity contribution in [1.82, 2.24) is 14.8 Å². The molecule has 0 fully saturated rings. The van der Waals surface area contributed by atoms with E-state index in [1.807, 2.05) is 53.4 Å². The summed E-state index contributed by atoms with van der Waals surface area (Å²) in [6.07, 6.45) is 2.09. The van der Waals surface area contributed by atoms with Crippen LogP contribution in [0.5, 0.6) is 0 Å². The standard InChI is InChI=1S/C21H21N3O/c25-21(22-16-17-8-3-1-4-9-17)24-15-14-23-13-7-12-19(23)20(24)18-10-5-2-6-11-18/h1-13,20H,14-16H2,(H,22,25). The molecule has 2 aromatic carbocycles. The summed E-state index contributed by atoms with van der Waals surface area (Å²) >= 11 is 0. The van der Waals surface area contributed by atoms with E-state index >= 15 is 0 Å². The molecule has 0 radical (unpaired) electrons. The first-order valence-electron chi connectivity index (χ1n) is 8.61. The van der Waals surface area contributed by atoms with Gasteiger partial charge in [-0.05, 0) is 23.3 Å². The number of hydrogen-bond donors (Lipinski definition) is 1. The Balaban J connectivity index is 1.58. The van der Waals surface area contributed by atoms with Crippen molar-refractivity contribution in [3.8, 4) is 0 Å². The molecule has 1 aliphatic heterocycles.